The van der Waals surface area contributed by atoms with Crippen LogP contribution >= 0.6 is 0 Å². The summed E-state index contributed by atoms with van der Waals surface area (Å²) >= 11 is 0. The molecule has 2 aromatic heterocycles. The van der Waals surface area contributed by atoms with Crippen molar-refractivity contribution in [2.75, 3.05) is 30.3 Å². The van der Waals surface area contributed by atoms with E-state index < -0.39 is 0 Å². The molecule has 7 heteroatoms. The Kier molecular flexibility index (Phi) is 3.64. The Hall–Kier alpha value is -2.31. The second-order valence-corrected chi connectivity index (χ2v) is 5.22. The average molecular weight is 288 g/mol. The molecule has 1 aliphatic rings. The van der Waals surface area contributed by atoms with Gasteiger partial charge in [0.05, 0.1) is 24.2 Å². The number of nitrogen functional groups attached to an aromatic ring is 1. The summed E-state index contributed by atoms with van der Waals surface area (Å²) in [6.07, 6.45) is 2.69. The summed E-state index contributed by atoms with van der Waals surface area (Å²) in [6, 6.07) is 1.90. The zero-order chi connectivity index (χ0) is 14.8. The predicted octanol–water partition coefficient (Wildman–Crippen LogP) is 1.48. The Labute approximate surface area is 123 Å². The maximum atomic E-state index is 5.93. The standard InChI is InChI=1S/C14H20N6O/c1-3-21-13-6-12(17-9(2)18-13)20-5-4-10(8-20)14-11(15)7-16-19-14/h6-7,10H,3-5,8,15H2,1-2H3,(H,16,19). The fourth-order valence-electron chi connectivity index (χ4n) is 2.75. The molecule has 3 heterocycles. The number of aryl methyl sites for hydroxylation is 1. The van der Waals surface area contributed by atoms with Gasteiger partial charge in [0.15, 0.2) is 0 Å². The van der Waals surface area contributed by atoms with Crippen molar-refractivity contribution in [3.63, 3.8) is 0 Å². The van der Waals surface area contributed by atoms with Crippen LogP contribution < -0.4 is 15.4 Å². The third-order valence-electron chi connectivity index (χ3n) is 3.71. The van der Waals surface area contributed by atoms with Crippen LogP contribution in [0.2, 0.25) is 0 Å². The van der Waals surface area contributed by atoms with Gasteiger partial charge >= 0.3 is 0 Å². The molecular formula is C14H20N6O. The number of aromatic nitrogens is 4. The highest BCUT2D eigenvalue weighted by Gasteiger charge is 2.27. The molecule has 1 fully saturated rings. The molecule has 3 rings (SSSR count). The average Bonchev–Trinajstić information content (AvgIpc) is 3.06. The van der Waals surface area contributed by atoms with Gasteiger partial charge in [0.25, 0.3) is 0 Å². The van der Waals surface area contributed by atoms with E-state index in [2.05, 4.69) is 25.1 Å². The van der Waals surface area contributed by atoms with Gasteiger partial charge in [-0.3, -0.25) is 5.10 Å². The number of aromatic amines is 1. The summed E-state index contributed by atoms with van der Waals surface area (Å²) in [5.74, 6) is 2.62. The minimum Gasteiger partial charge on any atom is -0.478 e. The van der Waals surface area contributed by atoms with Gasteiger partial charge in [-0.1, -0.05) is 0 Å². The zero-order valence-corrected chi connectivity index (χ0v) is 12.3. The van der Waals surface area contributed by atoms with E-state index >= 15 is 0 Å². The number of hydrogen-bond donors (Lipinski definition) is 2. The molecule has 1 atom stereocenters. The van der Waals surface area contributed by atoms with E-state index in [4.69, 9.17) is 10.5 Å². The van der Waals surface area contributed by atoms with E-state index in [0.29, 0.717) is 18.4 Å². The van der Waals surface area contributed by atoms with E-state index in [1.54, 1.807) is 6.20 Å². The first-order valence-electron chi connectivity index (χ1n) is 7.19. The lowest BCUT2D eigenvalue weighted by Crippen LogP contribution is -2.21. The Bertz CT molecular complexity index is 626. The molecule has 0 bridgehead atoms. The van der Waals surface area contributed by atoms with Crippen LogP contribution in [0.25, 0.3) is 0 Å². The first-order chi connectivity index (χ1) is 10.2. The van der Waals surface area contributed by atoms with Crippen LogP contribution in [-0.4, -0.2) is 39.9 Å². The molecule has 21 heavy (non-hydrogen) atoms. The third-order valence-corrected chi connectivity index (χ3v) is 3.71. The lowest BCUT2D eigenvalue weighted by molar-refractivity contribution is 0.325. The zero-order valence-electron chi connectivity index (χ0n) is 12.3. The van der Waals surface area contributed by atoms with Gasteiger partial charge in [0, 0.05) is 25.1 Å². The molecule has 0 saturated carbocycles. The number of nitrogens with zero attached hydrogens (tertiary/aromatic N) is 4. The molecule has 0 spiro atoms. The number of hydrogen-bond acceptors (Lipinski definition) is 6. The number of anilines is 2. The Morgan fingerprint density at radius 2 is 2.33 bits per heavy atom. The summed E-state index contributed by atoms with van der Waals surface area (Å²) in [5.41, 5.74) is 7.69. The number of rotatable bonds is 4. The minimum absolute atomic E-state index is 0.360. The summed E-state index contributed by atoms with van der Waals surface area (Å²) < 4.78 is 5.49. The normalized spacial score (nSPS) is 18.2. The fraction of sp³-hybridized carbons (Fsp3) is 0.500. The summed E-state index contributed by atoms with van der Waals surface area (Å²) in [4.78, 5) is 11.0. The summed E-state index contributed by atoms with van der Waals surface area (Å²) in [5, 5.41) is 7.01. The first-order valence-corrected chi connectivity index (χ1v) is 7.19. The van der Waals surface area contributed by atoms with Crippen LogP contribution in [0.1, 0.15) is 30.8 Å². The van der Waals surface area contributed by atoms with Gasteiger partial charge in [0.2, 0.25) is 5.88 Å². The molecule has 0 amide bonds. The van der Waals surface area contributed by atoms with Gasteiger partial charge < -0.3 is 15.4 Å². The molecule has 3 N–H and O–H groups in total. The molecule has 0 aromatic carbocycles. The predicted molar refractivity (Wildman–Crippen MR) is 80.5 cm³/mol. The van der Waals surface area contributed by atoms with Gasteiger partial charge in [-0.25, -0.2) is 4.98 Å². The topological polar surface area (TPSA) is 93.0 Å². The largest absolute Gasteiger partial charge is 0.478 e. The maximum Gasteiger partial charge on any atom is 0.218 e. The molecule has 0 radical (unpaired) electrons. The molecular weight excluding hydrogens is 268 g/mol. The van der Waals surface area contributed by atoms with Crippen molar-refractivity contribution in [1.82, 2.24) is 20.2 Å². The number of nitrogens with one attached hydrogen (secondary N) is 1. The van der Waals surface area contributed by atoms with Crippen molar-refractivity contribution in [3.05, 3.63) is 23.8 Å². The Morgan fingerprint density at radius 1 is 1.48 bits per heavy atom. The van der Waals surface area contributed by atoms with Crippen molar-refractivity contribution >= 4 is 11.5 Å². The smallest absolute Gasteiger partial charge is 0.218 e. The third kappa shape index (κ3) is 2.76. The summed E-state index contributed by atoms with van der Waals surface area (Å²) in [7, 11) is 0. The molecule has 1 aliphatic heterocycles. The van der Waals surface area contributed by atoms with E-state index in [-0.39, 0.29) is 0 Å². The molecule has 2 aromatic rings. The van der Waals surface area contributed by atoms with Crippen molar-refractivity contribution in [3.8, 4) is 5.88 Å². The van der Waals surface area contributed by atoms with Crippen molar-refractivity contribution < 1.29 is 4.74 Å². The first kappa shape index (κ1) is 13.7. The van der Waals surface area contributed by atoms with Gasteiger partial charge in [-0.05, 0) is 20.3 Å². The van der Waals surface area contributed by atoms with Gasteiger partial charge in [-0.15, -0.1) is 0 Å². The lowest BCUT2D eigenvalue weighted by atomic mass is 10.0. The van der Waals surface area contributed by atoms with Crippen molar-refractivity contribution in [2.45, 2.75) is 26.2 Å². The van der Waals surface area contributed by atoms with Gasteiger partial charge in [0.1, 0.15) is 11.6 Å². The van der Waals surface area contributed by atoms with Crippen LogP contribution in [0, 0.1) is 6.92 Å². The SMILES string of the molecule is CCOc1cc(N2CCC(c3[nH]ncc3N)C2)nc(C)n1. The molecule has 7 nitrogen and oxygen atoms in total. The Morgan fingerprint density at radius 3 is 3.05 bits per heavy atom. The van der Waals surface area contributed by atoms with Crippen LogP contribution in [0.15, 0.2) is 12.3 Å². The molecule has 1 saturated heterocycles. The molecule has 0 aliphatic carbocycles. The minimum atomic E-state index is 0.360. The van der Waals surface area contributed by atoms with Crippen LogP contribution in [-0.2, 0) is 0 Å². The fourth-order valence-corrected chi connectivity index (χ4v) is 2.75. The van der Waals surface area contributed by atoms with Crippen LogP contribution in [0.5, 0.6) is 5.88 Å². The molecule has 112 valence electrons. The number of ether oxygens (including phenoxy) is 1. The second-order valence-electron chi connectivity index (χ2n) is 5.22. The quantitative estimate of drug-likeness (QED) is 0.885. The van der Waals surface area contributed by atoms with E-state index in [0.717, 1.165) is 42.5 Å². The van der Waals surface area contributed by atoms with Crippen molar-refractivity contribution in [1.29, 1.82) is 0 Å². The van der Waals surface area contributed by atoms with Crippen LogP contribution in [0.4, 0.5) is 11.5 Å². The molecule has 1 unspecified atom stereocenters. The highest BCUT2D eigenvalue weighted by Crippen LogP contribution is 2.32. The lowest BCUT2D eigenvalue weighted by Gasteiger charge is -2.18. The number of nitrogens with two attached hydrogens (primary N) is 1. The second kappa shape index (κ2) is 5.59. The van der Waals surface area contributed by atoms with E-state index in [1.165, 1.54) is 0 Å². The van der Waals surface area contributed by atoms with Crippen LogP contribution in [0.3, 0.4) is 0 Å². The van der Waals surface area contributed by atoms with E-state index in [1.807, 2.05) is 19.9 Å². The van der Waals surface area contributed by atoms with Crippen molar-refractivity contribution in [2.24, 2.45) is 0 Å². The highest BCUT2D eigenvalue weighted by atomic mass is 16.5. The Balaban J connectivity index is 1.78. The highest BCUT2D eigenvalue weighted by molar-refractivity contribution is 5.47. The summed E-state index contributed by atoms with van der Waals surface area (Å²) in [6.45, 7) is 6.24. The monoisotopic (exact) mass is 288 g/mol. The maximum absolute atomic E-state index is 5.93. The van der Waals surface area contributed by atoms with E-state index in [9.17, 15) is 0 Å². The number of H-pyrrole nitrogens is 1. The van der Waals surface area contributed by atoms with Gasteiger partial charge in [-0.2, -0.15) is 10.1 Å².